The van der Waals surface area contributed by atoms with E-state index >= 15 is 0 Å². The van der Waals surface area contributed by atoms with Gasteiger partial charge >= 0.3 is 0 Å². The Morgan fingerprint density at radius 1 is 1.10 bits per heavy atom. The Morgan fingerprint density at radius 2 is 1.93 bits per heavy atom. The standard InChI is InChI=1S/C22H22ClN5O2/c1-27(13-21-24-17-5-4-16(23)10-18(17)25-21)11-15-12-28(2)26-22(15)14-3-6-19-20(9-14)30-8-7-29-19/h3-6,9-10,12H,7-8,11,13H2,1-2H3,(H,24,25). The van der Waals surface area contributed by atoms with E-state index in [0.717, 1.165) is 51.7 Å². The van der Waals surface area contributed by atoms with Gasteiger partial charge in [0.05, 0.1) is 23.3 Å². The van der Waals surface area contributed by atoms with Gasteiger partial charge in [-0.1, -0.05) is 11.6 Å². The molecule has 4 aromatic rings. The fourth-order valence-corrected chi connectivity index (χ4v) is 3.97. The van der Waals surface area contributed by atoms with Crippen molar-refractivity contribution in [1.29, 1.82) is 0 Å². The number of aryl methyl sites for hydroxylation is 1. The topological polar surface area (TPSA) is 68.2 Å². The van der Waals surface area contributed by atoms with E-state index in [0.29, 0.717) is 24.8 Å². The van der Waals surface area contributed by atoms with Crippen LogP contribution in [0.3, 0.4) is 0 Å². The number of aromatic nitrogens is 4. The van der Waals surface area contributed by atoms with Gasteiger partial charge < -0.3 is 14.5 Å². The summed E-state index contributed by atoms with van der Waals surface area (Å²) < 4.78 is 13.2. The van der Waals surface area contributed by atoms with Gasteiger partial charge in [0.25, 0.3) is 0 Å². The average Bonchev–Trinajstić information content (AvgIpc) is 3.29. The molecule has 1 aliphatic rings. The molecule has 0 spiro atoms. The van der Waals surface area contributed by atoms with Crippen LogP contribution in [0.2, 0.25) is 5.02 Å². The van der Waals surface area contributed by atoms with Crippen molar-refractivity contribution in [3.63, 3.8) is 0 Å². The summed E-state index contributed by atoms with van der Waals surface area (Å²) in [4.78, 5) is 10.2. The molecule has 3 heterocycles. The van der Waals surface area contributed by atoms with Gasteiger partial charge in [-0.05, 0) is 43.4 Å². The van der Waals surface area contributed by atoms with E-state index in [4.69, 9.17) is 21.1 Å². The van der Waals surface area contributed by atoms with E-state index in [2.05, 4.69) is 33.2 Å². The summed E-state index contributed by atoms with van der Waals surface area (Å²) in [6.45, 7) is 2.56. The molecule has 0 saturated carbocycles. The van der Waals surface area contributed by atoms with Crippen LogP contribution in [0.5, 0.6) is 11.5 Å². The number of rotatable bonds is 5. The summed E-state index contributed by atoms with van der Waals surface area (Å²) in [7, 11) is 4.01. The summed E-state index contributed by atoms with van der Waals surface area (Å²) in [5, 5.41) is 5.39. The lowest BCUT2D eigenvalue weighted by atomic mass is 10.1. The first-order valence-electron chi connectivity index (χ1n) is 9.80. The molecule has 0 atom stereocenters. The predicted octanol–water partition coefficient (Wildman–Crippen LogP) is 4.02. The molecule has 0 unspecified atom stereocenters. The zero-order valence-corrected chi connectivity index (χ0v) is 17.6. The first-order valence-corrected chi connectivity index (χ1v) is 10.2. The molecule has 0 radical (unpaired) electrons. The fourth-order valence-electron chi connectivity index (χ4n) is 3.80. The number of fused-ring (bicyclic) bond motifs is 2. The quantitative estimate of drug-likeness (QED) is 0.525. The van der Waals surface area contributed by atoms with Gasteiger partial charge in [-0.15, -0.1) is 0 Å². The van der Waals surface area contributed by atoms with Crippen LogP contribution in [0.1, 0.15) is 11.4 Å². The number of hydrogen-bond acceptors (Lipinski definition) is 5. The highest BCUT2D eigenvalue weighted by Crippen LogP contribution is 2.35. The Kier molecular flexibility index (Phi) is 4.84. The van der Waals surface area contributed by atoms with Crippen LogP contribution >= 0.6 is 11.6 Å². The number of nitrogens with one attached hydrogen (secondary N) is 1. The summed E-state index contributed by atoms with van der Waals surface area (Å²) >= 11 is 6.08. The first-order chi connectivity index (χ1) is 14.5. The van der Waals surface area contributed by atoms with Gasteiger partial charge in [0.15, 0.2) is 11.5 Å². The average molecular weight is 424 g/mol. The van der Waals surface area contributed by atoms with Crippen molar-refractivity contribution in [3.8, 4) is 22.8 Å². The van der Waals surface area contributed by atoms with Crippen molar-refractivity contribution in [3.05, 3.63) is 59.0 Å². The monoisotopic (exact) mass is 423 g/mol. The molecule has 0 saturated heterocycles. The minimum absolute atomic E-state index is 0.566. The van der Waals surface area contributed by atoms with Gasteiger partial charge in [0.2, 0.25) is 0 Å². The number of H-pyrrole nitrogens is 1. The van der Waals surface area contributed by atoms with Crippen LogP contribution in [0.25, 0.3) is 22.3 Å². The van der Waals surface area contributed by atoms with E-state index in [1.54, 1.807) is 0 Å². The van der Waals surface area contributed by atoms with Crippen LogP contribution in [-0.4, -0.2) is 44.9 Å². The number of hydrogen-bond donors (Lipinski definition) is 1. The SMILES string of the molecule is CN(Cc1nc2ccc(Cl)cc2[nH]1)Cc1cn(C)nc1-c1ccc2c(c1)OCCO2. The molecular formula is C22H22ClN5O2. The Morgan fingerprint density at radius 3 is 2.80 bits per heavy atom. The largest absolute Gasteiger partial charge is 0.486 e. The molecule has 1 aliphatic heterocycles. The second kappa shape index (κ2) is 7.66. The molecule has 1 N–H and O–H groups in total. The molecule has 8 heteroatoms. The predicted molar refractivity (Wildman–Crippen MR) is 116 cm³/mol. The van der Waals surface area contributed by atoms with Crippen molar-refractivity contribution in [1.82, 2.24) is 24.6 Å². The maximum Gasteiger partial charge on any atom is 0.162 e. The third kappa shape index (κ3) is 3.74. The smallest absolute Gasteiger partial charge is 0.162 e. The van der Waals surface area contributed by atoms with Gasteiger partial charge in [0.1, 0.15) is 19.0 Å². The van der Waals surface area contributed by atoms with E-state index in [1.165, 1.54) is 0 Å². The number of ether oxygens (including phenoxy) is 2. The Balaban J connectivity index is 1.37. The lowest BCUT2D eigenvalue weighted by Crippen LogP contribution is -2.18. The second-order valence-corrected chi connectivity index (χ2v) is 7.99. The molecule has 7 nitrogen and oxygen atoms in total. The number of imidazole rings is 1. The highest BCUT2D eigenvalue weighted by atomic mass is 35.5. The minimum Gasteiger partial charge on any atom is -0.486 e. The Bertz CT molecular complexity index is 1220. The molecule has 154 valence electrons. The third-order valence-corrected chi connectivity index (χ3v) is 5.31. The highest BCUT2D eigenvalue weighted by molar-refractivity contribution is 6.31. The zero-order valence-electron chi connectivity index (χ0n) is 16.9. The molecule has 2 aromatic carbocycles. The molecule has 5 rings (SSSR count). The van der Waals surface area contributed by atoms with E-state index in [-0.39, 0.29) is 0 Å². The fraction of sp³-hybridized carbons (Fsp3) is 0.273. The van der Waals surface area contributed by atoms with Crippen LogP contribution in [-0.2, 0) is 20.1 Å². The van der Waals surface area contributed by atoms with Gasteiger partial charge in [-0.3, -0.25) is 9.58 Å². The first kappa shape index (κ1) is 19.0. The molecular weight excluding hydrogens is 402 g/mol. The lowest BCUT2D eigenvalue weighted by molar-refractivity contribution is 0.171. The normalized spacial score (nSPS) is 13.3. The van der Waals surface area contributed by atoms with Crippen molar-refractivity contribution in [2.45, 2.75) is 13.1 Å². The van der Waals surface area contributed by atoms with Crippen molar-refractivity contribution in [2.24, 2.45) is 7.05 Å². The lowest BCUT2D eigenvalue weighted by Gasteiger charge is -2.19. The summed E-state index contributed by atoms with van der Waals surface area (Å²) in [6, 6.07) is 11.7. The summed E-state index contributed by atoms with van der Waals surface area (Å²) in [6.07, 6.45) is 2.06. The van der Waals surface area contributed by atoms with Crippen LogP contribution in [0, 0.1) is 0 Å². The van der Waals surface area contributed by atoms with Crippen molar-refractivity contribution >= 4 is 22.6 Å². The number of aromatic amines is 1. The third-order valence-electron chi connectivity index (χ3n) is 5.07. The maximum absolute atomic E-state index is 6.08. The molecule has 0 amide bonds. The zero-order chi connectivity index (χ0) is 20.7. The molecule has 0 aliphatic carbocycles. The van der Waals surface area contributed by atoms with E-state index < -0.39 is 0 Å². The van der Waals surface area contributed by atoms with Crippen LogP contribution in [0.4, 0.5) is 0 Å². The number of halogens is 1. The highest BCUT2D eigenvalue weighted by Gasteiger charge is 2.17. The van der Waals surface area contributed by atoms with E-state index in [9.17, 15) is 0 Å². The van der Waals surface area contributed by atoms with Gasteiger partial charge in [0, 0.05) is 35.9 Å². The Labute approximate surface area is 179 Å². The summed E-state index contributed by atoms with van der Waals surface area (Å²) in [5.41, 5.74) is 4.96. The molecule has 0 bridgehead atoms. The van der Waals surface area contributed by atoms with E-state index in [1.807, 2.05) is 48.1 Å². The molecule has 2 aromatic heterocycles. The van der Waals surface area contributed by atoms with Crippen molar-refractivity contribution < 1.29 is 9.47 Å². The second-order valence-electron chi connectivity index (χ2n) is 7.55. The maximum atomic E-state index is 6.08. The van der Waals surface area contributed by atoms with Crippen LogP contribution in [0.15, 0.2) is 42.6 Å². The van der Waals surface area contributed by atoms with Gasteiger partial charge in [-0.25, -0.2) is 4.98 Å². The van der Waals surface area contributed by atoms with Crippen molar-refractivity contribution in [2.75, 3.05) is 20.3 Å². The number of nitrogens with zero attached hydrogens (tertiary/aromatic N) is 4. The van der Waals surface area contributed by atoms with Gasteiger partial charge in [-0.2, -0.15) is 5.10 Å². The number of benzene rings is 2. The molecule has 0 fully saturated rings. The summed E-state index contributed by atoms with van der Waals surface area (Å²) in [5.74, 6) is 2.45. The van der Waals surface area contributed by atoms with Crippen LogP contribution < -0.4 is 9.47 Å². The minimum atomic E-state index is 0.566. The molecule has 30 heavy (non-hydrogen) atoms. The Hall–Kier alpha value is -3.03.